The Morgan fingerprint density at radius 1 is 1.19 bits per heavy atom. The third-order valence-electron chi connectivity index (χ3n) is 2.84. The third-order valence-corrected chi connectivity index (χ3v) is 2.84. The molecule has 0 bridgehead atoms. The van der Waals surface area contributed by atoms with Gasteiger partial charge < -0.3 is 14.9 Å². The maximum Gasteiger partial charge on any atom is 0.195 e. The van der Waals surface area contributed by atoms with Crippen LogP contribution in [0.2, 0.25) is 0 Å². The van der Waals surface area contributed by atoms with E-state index in [-0.39, 0.29) is 36.1 Å². The fourth-order valence-electron chi connectivity index (χ4n) is 1.92. The quantitative estimate of drug-likeness (QED) is 0.470. The smallest absolute Gasteiger partial charge is 0.195 e. The van der Waals surface area contributed by atoms with Crippen LogP contribution in [0.1, 0.15) is 12.5 Å². The van der Waals surface area contributed by atoms with E-state index in [0.717, 1.165) is 12.1 Å². The number of aliphatic hydroxyl groups is 1. The lowest BCUT2D eigenvalue weighted by Gasteiger charge is -2.26. The molecule has 0 amide bonds. The van der Waals surface area contributed by atoms with Crippen molar-refractivity contribution in [1.82, 2.24) is 9.80 Å². The van der Waals surface area contributed by atoms with Crippen molar-refractivity contribution < 1.29 is 13.9 Å². The van der Waals surface area contributed by atoms with Crippen molar-refractivity contribution in [1.29, 1.82) is 0 Å². The van der Waals surface area contributed by atoms with Crippen molar-refractivity contribution in [3.8, 4) is 0 Å². The Kier molecular flexibility index (Phi) is 7.52. The van der Waals surface area contributed by atoms with E-state index >= 15 is 0 Å². The zero-order chi connectivity index (χ0) is 15.5. The van der Waals surface area contributed by atoms with Crippen LogP contribution in [-0.4, -0.2) is 55.6 Å². The van der Waals surface area contributed by atoms with Crippen molar-refractivity contribution in [3.63, 3.8) is 0 Å². The summed E-state index contributed by atoms with van der Waals surface area (Å²) in [4.78, 5) is 7.87. The molecule has 0 saturated carbocycles. The first-order valence-electron chi connectivity index (χ1n) is 6.22. The van der Waals surface area contributed by atoms with E-state index < -0.39 is 17.2 Å². The van der Waals surface area contributed by atoms with Gasteiger partial charge in [-0.05, 0) is 13.0 Å². The van der Waals surface area contributed by atoms with Gasteiger partial charge in [0.2, 0.25) is 0 Å². The second kappa shape index (κ2) is 7.88. The number of hydrogen-bond donors (Lipinski definition) is 1. The van der Waals surface area contributed by atoms with Crippen LogP contribution in [0.3, 0.4) is 0 Å². The highest BCUT2D eigenvalue weighted by Crippen LogP contribution is 2.24. The number of guanidine groups is 1. The van der Waals surface area contributed by atoms with E-state index in [1.165, 1.54) is 13.0 Å². The van der Waals surface area contributed by atoms with Crippen LogP contribution in [0.4, 0.5) is 8.78 Å². The Hall–Kier alpha value is -0.960. The predicted molar refractivity (Wildman–Crippen MR) is 91.0 cm³/mol. The summed E-state index contributed by atoms with van der Waals surface area (Å²) >= 11 is 0. The van der Waals surface area contributed by atoms with Crippen LogP contribution in [0.15, 0.2) is 23.2 Å². The molecule has 1 aromatic rings. The largest absolute Gasteiger partial charge is 0.383 e. The summed E-state index contributed by atoms with van der Waals surface area (Å²) in [6, 6.07) is 3.12. The average Bonchev–Trinajstić information content (AvgIpc) is 2.26. The number of hydrogen-bond acceptors (Lipinski definition) is 2. The maximum atomic E-state index is 13.7. The molecule has 0 aliphatic rings. The molecule has 4 nitrogen and oxygen atoms in total. The van der Waals surface area contributed by atoms with Crippen LogP contribution in [-0.2, 0) is 5.60 Å². The van der Waals surface area contributed by atoms with E-state index in [0.29, 0.717) is 5.96 Å². The molecular formula is C14H22F2IN3O. The molecule has 0 aromatic heterocycles. The predicted octanol–water partition coefficient (Wildman–Crippen LogP) is 2.27. The highest BCUT2D eigenvalue weighted by molar-refractivity contribution is 14.0. The first-order valence-corrected chi connectivity index (χ1v) is 6.22. The molecule has 1 N–H and O–H groups in total. The van der Waals surface area contributed by atoms with Crippen LogP contribution >= 0.6 is 24.0 Å². The highest BCUT2D eigenvalue weighted by Gasteiger charge is 2.27. The van der Waals surface area contributed by atoms with Crippen molar-refractivity contribution in [2.24, 2.45) is 4.99 Å². The third kappa shape index (κ3) is 5.39. The average molecular weight is 413 g/mol. The Labute approximate surface area is 141 Å². The summed E-state index contributed by atoms with van der Waals surface area (Å²) in [5.41, 5.74) is -1.48. The summed E-state index contributed by atoms with van der Waals surface area (Å²) in [5.74, 6) is -0.804. The molecular weight excluding hydrogens is 391 g/mol. The van der Waals surface area contributed by atoms with Gasteiger partial charge in [0.1, 0.15) is 17.2 Å². The Balaban J connectivity index is 0.00000400. The van der Waals surface area contributed by atoms with E-state index in [1.807, 2.05) is 28.2 Å². The lowest BCUT2D eigenvalue weighted by Crippen LogP contribution is -2.37. The molecule has 21 heavy (non-hydrogen) atoms. The van der Waals surface area contributed by atoms with Gasteiger partial charge in [0.15, 0.2) is 5.96 Å². The minimum atomic E-state index is -1.50. The van der Waals surface area contributed by atoms with Gasteiger partial charge in [0, 0.05) is 39.8 Å². The standard InChI is InChI=1S/C14H21F2N3O.HI/c1-14(20,9-17-13(18(2)3)19(4)5)11-7-6-10(15)8-12(11)16;/h6-8,20H,9H2,1-5H3;1H. The Morgan fingerprint density at radius 2 is 1.71 bits per heavy atom. The molecule has 0 saturated heterocycles. The van der Waals surface area contributed by atoms with Gasteiger partial charge in [-0.3, -0.25) is 0 Å². The fraction of sp³-hybridized carbons (Fsp3) is 0.500. The van der Waals surface area contributed by atoms with Crippen molar-refractivity contribution in [2.45, 2.75) is 12.5 Å². The van der Waals surface area contributed by atoms with E-state index in [1.54, 1.807) is 9.80 Å². The summed E-state index contributed by atoms with van der Waals surface area (Å²) < 4.78 is 26.6. The van der Waals surface area contributed by atoms with Crippen molar-refractivity contribution >= 4 is 29.9 Å². The molecule has 0 radical (unpaired) electrons. The normalized spacial score (nSPS) is 13.0. The molecule has 1 unspecified atom stereocenters. The van der Waals surface area contributed by atoms with Gasteiger partial charge >= 0.3 is 0 Å². The number of aliphatic imine (C=N–C) groups is 1. The molecule has 0 fully saturated rings. The van der Waals surface area contributed by atoms with Gasteiger partial charge in [-0.25, -0.2) is 13.8 Å². The van der Waals surface area contributed by atoms with Crippen LogP contribution in [0, 0.1) is 11.6 Å². The lowest BCUT2D eigenvalue weighted by atomic mass is 9.95. The van der Waals surface area contributed by atoms with Gasteiger partial charge in [-0.15, -0.1) is 24.0 Å². The first-order chi connectivity index (χ1) is 9.15. The summed E-state index contributed by atoms with van der Waals surface area (Å²) in [6.07, 6.45) is 0. The van der Waals surface area contributed by atoms with E-state index in [9.17, 15) is 13.9 Å². The topological polar surface area (TPSA) is 39.1 Å². The maximum absolute atomic E-state index is 13.7. The Morgan fingerprint density at radius 3 is 2.14 bits per heavy atom. The number of nitrogens with zero attached hydrogens (tertiary/aromatic N) is 3. The molecule has 0 aliphatic heterocycles. The molecule has 0 heterocycles. The second-order valence-electron chi connectivity index (χ2n) is 5.30. The number of halogens is 3. The molecule has 0 aliphatic carbocycles. The monoisotopic (exact) mass is 413 g/mol. The number of benzene rings is 1. The molecule has 7 heteroatoms. The van der Waals surface area contributed by atoms with E-state index in [4.69, 9.17) is 0 Å². The van der Waals surface area contributed by atoms with Gasteiger partial charge in [0.05, 0.1) is 6.54 Å². The fourth-order valence-corrected chi connectivity index (χ4v) is 1.92. The SMILES string of the molecule is CN(C)C(=NCC(C)(O)c1ccc(F)cc1F)N(C)C.I. The minimum Gasteiger partial charge on any atom is -0.383 e. The van der Waals surface area contributed by atoms with E-state index in [2.05, 4.69) is 4.99 Å². The van der Waals surface area contributed by atoms with Crippen LogP contribution in [0.5, 0.6) is 0 Å². The van der Waals surface area contributed by atoms with Crippen LogP contribution < -0.4 is 0 Å². The zero-order valence-electron chi connectivity index (χ0n) is 12.9. The summed E-state index contributed by atoms with van der Waals surface area (Å²) in [5, 5.41) is 10.4. The van der Waals surface area contributed by atoms with Crippen molar-refractivity contribution in [2.75, 3.05) is 34.7 Å². The highest BCUT2D eigenvalue weighted by atomic mass is 127. The second-order valence-corrected chi connectivity index (χ2v) is 5.30. The van der Waals surface area contributed by atoms with Gasteiger partial charge in [-0.1, -0.05) is 6.07 Å². The molecule has 1 aromatic carbocycles. The van der Waals surface area contributed by atoms with Gasteiger partial charge in [0.25, 0.3) is 0 Å². The molecule has 120 valence electrons. The minimum absolute atomic E-state index is 0. The number of rotatable bonds is 3. The summed E-state index contributed by atoms with van der Waals surface area (Å²) in [7, 11) is 7.30. The van der Waals surface area contributed by atoms with Gasteiger partial charge in [-0.2, -0.15) is 0 Å². The lowest BCUT2D eigenvalue weighted by molar-refractivity contribution is 0.0628. The Bertz CT molecular complexity index is 495. The molecule has 1 atom stereocenters. The zero-order valence-corrected chi connectivity index (χ0v) is 15.2. The van der Waals surface area contributed by atoms with Crippen LogP contribution in [0.25, 0.3) is 0 Å². The first kappa shape index (κ1) is 20.0. The summed E-state index contributed by atoms with van der Waals surface area (Å²) in [6.45, 7) is 1.43. The molecule has 1 rings (SSSR count). The van der Waals surface area contributed by atoms with Crippen molar-refractivity contribution in [3.05, 3.63) is 35.4 Å². The molecule has 0 spiro atoms.